The van der Waals surface area contributed by atoms with Crippen molar-refractivity contribution in [2.75, 3.05) is 26.4 Å². The molecule has 0 unspecified atom stereocenters. The van der Waals surface area contributed by atoms with E-state index in [1.807, 2.05) is 97.1 Å². The van der Waals surface area contributed by atoms with Gasteiger partial charge in [-0.2, -0.15) is 0 Å². The number of rotatable bonds is 23. The molecule has 0 N–H and O–H groups in total. The summed E-state index contributed by atoms with van der Waals surface area (Å²) in [5, 5.41) is 0. The van der Waals surface area contributed by atoms with E-state index < -0.39 is 11.9 Å². The minimum absolute atomic E-state index is 0.416. The molecular weight excluding hydrogens is 777 g/mol. The summed E-state index contributed by atoms with van der Waals surface area (Å²) in [5.41, 5.74) is 5.07. The first-order valence-corrected chi connectivity index (χ1v) is 21.8. The molecule has 0 amide bonds. The Morgan fingerprint density at radius 2 is 0.645 bits per heavy atom. The predicted octanol–water partition coefficient (Wildman–Crippen LogP) is 13.3. The number of hydrogen-bond donors (Lipinski definition) is 0. The van der Waals surface area contributed by atoms with Crippen molar-refractivity contribution in [3.05, 3.63) is 157 Å². The second-order valence-corrected chi connectivity index (χ2v) is 15.7. The van der Waals surface area contributed by atoms with Crippen LogP contribution >= 0.6 is 0 Å². The summed E-state index contributed by atoms with van der Waals surface area (Å²) in [6.07, 6.45) is 6.00. The van der Waals surface area contributed by atoms with Gasteiger partial charge in [-0.25, -0.2) is 9.59 Å². The van der Waals surface area contributed by atoms with E-state index in [0.29, 0.717) is 60.9 Å². The van der Waals surface area contributed by atoms with Gasteiger partial charge in [0, 0.05) is 0 Å². The maximum Gasteiger partial charge on any atom is 0.343 e. The highest BCUT2D eigenvalue weighted by atomic mass is 16.5. The second kappa shape index (κ2) is 23.5. The molecule has 0 bridgehead atoms. The van der Waals surface area contributed by atoms with Crippen LogP contribution in [0, 0.1) is 11.8 Å². The van der Waals surface area contributed by atoms with E-state index in [1.165, 1.54) is 0 Å². The molecular formula is C54H58O8. The summed E-state index contributed by atoms with van der Waals surface area (Å²) >= 11 is 0. The highest BCUT2D eigenvalue weighted by molar-refractivity contribution is 5.92. The average molecular weight is 835 g/mol. The Labute approximate surface area is 366 Å². The van der Waals surface area contributed by atoms with E-state index in [9.17, 15) is 9.59 Å². The molecule has 0 aliphatic heterocycles. The predicted molar refractivity (Wildman–Crippen MR) is 246 cm³/mol. The first kappa shape index (κ1) is 45.0. The second-order valence-electron chi connectivity index (χ2n) is 15.7. The van der Waals surface area contributed by atoms with Gasteiger partial charge in [0.25, 0.3) is 0 Å². The Kier molecular flexibility index (Phi) is 17.0. The van der Waals surface area contributed by atoms with E-state index in [4.69, 9.17) is 28.4 Å². The fourth-order valence-electron chi connectivity index (χ4n) is 6.27. The van der Waals surface area contributed by atoms with Gasteiger partial charge in [-0.15, -0.1) is 0 Å². The smallest absolute Gasteiger partial charge is 0.343 e. The molecule has 8 heteroatoms. The van der Waals surface area contributed by atoms with Gasteiger partial charge in [-0.3, -0.25) is 0 Å². The number of hydrogen-bond acceptors (Lipinski definition) is 8. The molecule has 0 saturated carbocycles. The molecule has 0 aliphatic rings. The largest absolute Gasteiger partial charge is 0.494 e. The van der Waals surface area contributed by atoms with Crippen LogP contribution in [0.15, 0.2) is 146 Å². The standard InChI is InChI=1S/C54H58O8/c1-5-39(3)37-59-49-23-19-43(20-24-49)41-11-15-45(16-12-41)53(55)61-51-31-27-47(28-32-51)57-35-9-7-8-10-36-58-48-29-33-52(34-30-48)62-54(56)46-17-13-42(14-18-46)44-21-25-50(26-22-44)60-38-40(4)6-2/h11-34,39-40H,5-10,35-38H2,1-4H3/t39-,40-/m0/s1. The van der Waals surface area contributed by atoms with Crippen molar-refractivity contribution in [2.24, 2.45) is 11.8 Å². The van der Waals surface area contributed by atoms with Crippen LogP contribution < -0.4 is 28.4 Å². The topological polar surface area (TPSA) is 89.5 Å². The minimum atomic E-state index is -0.416. The molecule has 0 fully saturated rings. The van der Waals surface area contributed by atoms with Gasteiger partial charge in [0.2, 0.25) is 0 Å². The molecule has 0 spiro atoms. The van der Waals surface area contributed by atoms with Gasteiger partial charge >= 0.3 is 11.9 Å². The van der Waals surface area contributed by atoms with Crippen LogP contribution in [0.25, 0.3) is 22.3 Å². The Bertz CT molecular complexity index is 2080. The van der Waals surface area contributed by atoms with Crippen LogP contribution in [0.2, 0.25) is 0 Å². The highest BCUT2D eigenvalue weighted by Gasteiger charge is 2.12. The van der Waals surface area contributed by atoms with Crippen molar-refractivity contribution in [3.63, 3.8) is 0 Å². The summed E-state index contributed by atoms with van der Waals surface area (Å²) in [4.78, 5) is 25.6. The summed E-state index contributed by atoms with van der Waals surface area (Å²) in [6.45, 7) is 11.3. The Balaban J connectivity index is 0.820. The van der Waals surface area contributed by atoms with Crippen LogP contribution in [-0.4, -0.2) is 38.4 Å². The number of carbonyl (C=O) groups excluding carboxylic acids is 2. The molecule has 0 saturated heterocycles. The molecule has 62 heavy (non-hydrogen) atoms. The molecule has 6 rings (SSSR count). The lowest BCUT2D eigenvalue weighted by molar-refractivity contribution is 0.0725. The summed E-state index contributed by atoms with van der Waals surface area (Å²) in [7, 11) is 0. The zero-order chi connectivity index (χ0) is 43.5. The van der Waals surface area contributed by atoms with E-state index in [2.05, 4.69) is 27.7 Å². The third-order valence-electron chi connectivity index (χ3n) is 10.7. The van der Waals surface area contributed by atoms with Gasteiger partial charge in [-0.05, 0) is 157 Å². The summed E-state index contributed by atoms with van der Waals surface area (Å²) in [5.74, 6) is 4.27. The third kappa shape index (κ3) is 14.0. The third-order valence-corrected chi connectivity index (χ3v) is 10.7. The summed E-state index contributed by atoms with van der Waals surface area (Å²) < 4.78 is 34.8. The first-order valence-electron chi connectivity index (χ1n) is 21.8. The molecule has 0 aromatic heterocycles. The van der Waals surface area contributed by atoms with Crippen molar-refractivity contribution in [1.29, 1.82) is 0 Å². The van der Waals surface area contributed by atoms with Crippen molar-refractivity contribution >= 4 is 11.9 Å². The normalized spacial score (nSPS) is 11.9. The maximum absolute atomic E-state index is 12.8. The van der Waals surface area contributed by atoms with Gasteiger partial charge in [0.15, 0.2) is 0 Å². The molecule has 6 aromatic carbocycles. The Morgan fingerprint density at radius 1 is 0.371 bits per heavy atom. The number of carbonyl (C=O) groups is 2. The van der Waals surface area contributed by atoms with Crippen molar-refractivity contribution in [1.82, 2.24) is 0 Å². The Hall–Kier alpha value is -6.54. The lowest BCUT2D eigenvalue weighted by atomic mass is 10.0. The van der Waals surface area contributed by atoms with Gasteiger partial charge in [-0.1, -0.05) is 89.1 Å². The molecule has 0 heterocycles. The Morgan fingerprint density at radius 3 is 0.968 bits per heavy atom. The fraction of sp³-hybridized carbons (Fsp3) is 0.296. The van der Waals surface area contributed by atoms with Crippen LogP contribution in [0.4, 0.5) is 0 Å². The SMILES string of the molecule is CC[C@H](C)COc1ccc(-c2ccc(C(=O)Oc3ccc(OCCCCCCOc4ccc(OC(=O)c5ccc(-c6ccc(OC[C@@H](C)CC)cc6)cc5)cc4)cc3)cc2)cc1. The molecule has 0 aliphatic carbocycles. The summed E-state index contributed by atoms with van der Waals surface area (Å²) in [6, 6.07) is 45.0. The lowest BCUT2D eigenvalue weighted by Gasteiger charge is -2.11. The van der Waals surface area contributed by atoms with E-state index in [1.54, 1.807) is 48.5 Å². The van der Waals surface area contributed by atoms with Crippen LogP contribution in [0.5, 0.6) is 34.5 Å². The van der Waals surface area contributed by atoms with Crippen molar-refractivity contribution in [2.45, 2.75) is 66.2 Å². The quantitative estimate of drug-likeness (QED) is 0.0358. The zero-order valence-corrected chi connectivity index (χ0v) is 36.3. The van der Waals surface area contributed by atoms with Gasteiger partial charge in [0.1, 0.15) is 34.5 Å². The highest BCUT2D eigenvalue weighted by Crippen LogP contribution is 2.27. The van der Waals surface area contributed by atoms with Crippen LogP contribution in [0.3, 0.4) is 0 Å². The first-order chi connectivity index (χ1) is 30.3. The van der Waals surface area contributed by atoms with Crippen molar-refractivity contribution in [3.8, 4) is 56.8 Å². The molecule has 2 atom stereocenters. The molecule has 8 nitrogen and oxygen atoms in total. The number of benzene rings is 6. The maximum atomic E-state index is 12.8. The van der Waals surface area contributed by atoms with E-state index in [0.717, 1.165) is 83.8 Å². The van der Waals surface area contributed by atoms with Crippen LogP contribution in [0.1, 0.15) is 86.9 Å². The van der Waals surface area contributed by atoms with Gasteiger partial charge < -0.3 is 28.4 Å². The molecule has 0 radical (unpaired) electrons. The number of unbranched alkanes of at least 4 members (excludes halogenated alkanes) is 3. The monoisotopic (exact) mass is 834 g/mol. The lowest BCUT2D eigenvalue weighted by Crippen LogP contribution is -2.08. The van der Waals surface area contributed by atoms with Crippen molar-refractivity contribution < 1.29 is 38.0 Å². The number of ether oxygens (including phenoxy) is 6. The molecule has 6 aromatic rings. The zero-order valence-electron chi connectivity index (χ0n) is 36.3. The minimum Gasteiger partial charge on any atom is -0.494 e. The van der Waals surface area contributed by atoms with E-state index in [-0.39, 0.29) is 0 Å². The van der Waals surface area contributed by atoms with Gasteiger partial charge in [0.05, 0.1) is 37.6 Å². The number of esters is 2. The molecule has 322 valence electrons. The van der Waals surface area contributed by atoms with Crippen LogP contribution in [-0.2, 0) is 0 Å². The fourth-order valence-corrected chi connectivity index (χ4v) is 6.27. The average Bonchev–Trinajstić information content (AvgIpc) is 3.32. The van der Waals surface area contributed by atoms with E-state index >= 15 is 0 Å².